The van der Waals surface area contributed by atoms with Crippen LogP contribution in [-0.2, 0) is 6.54 Å². The van der Waals surface area contributed by atoms with Crippen LogP contribution in [0, 0.1) is 11.3 Å². The molecule has 2 aromatic rings. The van der Waals surface area contributed by atoms with Gasteiger partial charge in [-0.15, -0.1) is 0 Å². The van der Waals surface area contributed by atoms with Crippen molar-refractivity contribution in [3.8, 4) is 17.6 Å². The molecule has 108 valence electrons. The van der Waals surface area contributed by atoms with Crippen LogP contribution in [0.1, 0.15) is 18.1 Å². The molecular weight excluding hydrogens is 307 g/mol. The Hall–Kier alpha value is -1.73. The van der Waals surface area contributed by atoms with Crippen molar-refractivity contribution in [2.45, 2.75) is 13.5 Å². The fourth-order valence-electron chi connectivity index (χ4n) is 1.85. The van der Waals surface area contributed by atoms with Crippen molar-refractivity contribution in [1.29, 1.82) is 5.26 Å². The van der Waals surface area contributed by atoms with E-state index in [9.17, 15) is 5.26 Å². The van der Waals surface area contributed by atoms with Crippen LogP contribution in [0.15, 0.2) is 36.4 Å². The molecule has 2 aromatic carbocycles. The van der Waals surface area contributed by atoms with Crippen LogP contribution in [-0.4, -0.2) is 6.54 Å². The molecule has 0 aliphatic carbocycles. The van der Waals surface area contributed by atoms with Crippen molar-refractivity contribution in [3.63, 3.8) is 0 Å². The van der Waals surface area contributed by atoms with Gasteiger partial charge in [0.05, 0.1) is 5.56 Å². The zero-order valence-corrected chi connectivity index (χ0v) is 13.0. The minimum absolute atomic E-state index is 0.474. The summed E-state index contributed by atoms with van der Waals surface area (Å²) < 4.78 is 5.71. The summed E-state index contributed by atoms with van der Waals surface area (Å²) in [6.45, 7) is 3.63. The van der Waals surface area contributed by atoms with Gasteiger partial charge in [0.15, 0.2) is 0 Å². The van der Waals surface area contributed by atoms with Crippen LogP contribution in [0.3, 0.4) is 0 Å². The van der Waals surface area contributed by atoms with Gasteiger partial charge in [-0.3, -0.25) is 0 Å². The van der Waals surface area contributed by atoms with Crippen LogP contribution >= 0.6 is 23.2 Å². The zero-order valence-electron chi connectivity index (χ0n) is 11.5. The molecule has 0 fully saturated rings. The predicted octanol–water partition coefficient (Wildman–Crippen LogP) is 4.77. The number of hydrogen-bond donors (Lipinski definition) is 1. The fraction of sp³-hybridized carbons (Fsp3) is 0.188. The Labute approximate surface area is 134 Å². The lowest BCUT2D eigenvalue weighted by Crippen LogP contribution is -2.11. The summed E-state index contributed by atoms with van der Waals surface area (Å²) in [5, 5.41) is 13.4. The van der Waals surface area contributed by atoms with E-state index in [1.807, 2.05) is 19.1 Å². The molecule has 0 saturated heterocycles. The lowest BCUT2D eigenvalue weighted by Gasteiger charge is -2.10. The highest BCUT2D eigenvalue weighted by molar-refractivity contribution is 6.34. The number of nitrogens with one attached hydrogen (secondary N) is 1. The molecule has 0 atom stereocenters. The van der Waals surface area contributed by atoms with E-state index in [1.54, 1.807) is 24.3 Å². The first kappa shape index (κ1) is 15.7. The standard InChI is InChI=1S/C16H14Cl2N2O/c1-2-20-10-11-3-4-16(12(5-11)9-19)21-15-7-13(17)6-14(18)8-15/h3-8,20H,2,10H2,1H3. The molecule has 5 heteroatoms. The van der Waals surface area contributed by atoms with Gasteiger partial charge in [0.2, 0.25) is 0 Å². The maximum absolute atomic E-state index is 9.25. The third kappa shape index (κ3) is 4.37. The minimum atomic E-state index is 0.474. The molecule has 0 unspecified atom stereocenters. The van der Waals surface area contributed by atoms with E-state index in [1.165, 1.54) is 0 Å². The van der Waals surface area contributed by atoms with Gasteiger partial charge in [-0.05, 0) is 42.4 Å². The van der Waals surface area contributed by atoms with Crippen LogP contribution < -0.4 is 10.1 Å². The highest BCUT2D eigenvalue weighted by atomic mass is 35.5. The van der Waals surface area contributed by atoms with Crippen molar-refractivity contribution in [1.82, 2.24) is 5.32 Å². The normalized spacial score (nSPS) is 10.2. The topological polar surface area (TPSA) is 45.0 Å². The summed E-state index contributed by atoms with van der Waals surface area (Å²) in [5.41, 5.74) is 1.51. The molecule has 1 N–H and O–H groups in total. The summed E-state index contributed by atoms with van der Waals surface area (Å²) in [7, 11) is 0. The van der Waals surface area contributed by atoms with Crippen molar-refractivity contribution in [2.24, 2.45) is 0 Å². The SMILES string of the molecule is CCNCc1ccc(Oc2cc(Cl)cc(Cl)c2)c(C#N)c1. The zero-order chi connectivity index (χ0) is 15.2. The third-order valence-corrected chi connectivity index (χ3v) is 3.24. The average Bonchev–Trinajstić information content (AvgIpc) is 2.45. The van der Waals surface area contributed by atoms with Crippen molar-refractivity contribution in [3.05, 3.63) is 57.6 Å². The number of hydrogen-bond acceptors (Lipinski definition) is 3. The largest absolute Gasteiger partial charge is 0.456 e. The Morgan fingerprint density at radius 3 is 2.48 bits per heavy atom. The maximum atomic E-state index is 9.25. The summed E-state index contributed by atoms with van der Waals surface area (Å²) in [6.07, 6.45) is 0. The first-order valence-electron chi connectivity index (χ1n) is 6.50. The second kappa shape index (κ2) is 7.33. The lowest BCUT2D eigenvalue weighted by atomic mass is 10.1. The number of benzene rings is 2. The summed E-state index contributed by atoms with van der Waals surface area (Å²) in [5.74, 6) is 0.986. The second-order valence-corrected chi connectivity index (χ2v) is 5.30. The molecule has 0 bridgehead atoms. The molecule has 2 rings (SSSR count). The third-order valence-electron chi connectivity index (χ3n) is 2.81. The molecule has 0 radical (unpaired) electrons. The molecule has 0 aliphatic heterocycles. The van der Waals surface area contributed by atoms with E-state index in [2.05, 4.69) is 11.4 Å². The molecule has 0 amide bonds. The Morgan fingerprint density at radius 2 is 1.86 bits per heavy atom. The van der Waals surface area contributed by atoms with E-state index < -0.39 is 0 Å². The molecule has 0 aromatic heterocycles. The Kier molecular flexibility index (Phi) is 5.46. The lowest BCUT2D eigenvalue weighted by molar-refractivity contribution is 0.481. The first-order chi connectivity index (χ1) is 10.1. The van der Waals surface area contributed by atoms with Gasteiger partial charge < -0.3 is 10.1 Å². The van der Waals surface area contributed by atoms with Gasteiger partial charge in [-0.25, -0.2) is 0 Å². The van der Waals surface area contributed by atoms with Gasteiger partial charge in [0.1, 0.15) is 17.6 Å². The van der Waals surface area contributed by atoms with Gasteiger partial charge in [-0.1, -0.05) is 36.2 Å². The predicted molar refractivity (Wildman–Crippen MR) is 85.1 cm³/mol. The molecule has 0 heterocycles. The van der Waals surface area contributed by atoms with Gasteiger partial charge >= 0.3 is 0 Å². The Balaban J connectivity index is 2.25. The van der Waals surface area contributed by atoms with Crippen molar-refractivity contribution < 1.29 is 4.74 Å². The van der Waals surface area contributed by atoms with Crippen LogP contribution in [0.25, 0.3) is 0 Å². The molecular formula is C16H14Cl2N2O. The van der Waals surface area contributed by atoms with E-state index in [4.69, 9.17) is 27.9 Å². The van der Waals surface area contributed by atoms with E-state index in [0.717, 1.165) is 12.1 Å². The number of halogens is 2. The quantitative estimate of drug-likeness (QED) is 0.863. The average molecular weight is 321 g/mol. The molecule has 3 nitrogen and oxygen atoms in total. The van der Waals surface area contributed by atoms with Crippen molar-refractivity contribution >= 4 is 23.2 Å². The van der Waals surface area contributed by atoms with Gasteiger partial charge in [0, 0.05) is 16.6 Å². The number of nitrogens with zero attached hydrogens (tertiary/aromatic N) is 1. The summed E-state index contributed by atoms with van der Waals surface area (Å²) >= 11 is 11.9. The molecule has 0 aliphatic rings. The number of ether oxygens (including phenoxy) is 1. The van der Waals surface area contributed by atoms with Gasteiger partial charge in [-0.2, -0.15) is 5.26 Å². The second-order valence-electron chi connectivity index (χ2n) is 4.43. The van der Waals surface area contributed by atoms with E-state index in [0.29, 0.717) is 33.7 Å². The summed E-state index contributed by atoms with van der Waals surface area (Å²) in [6, 6.07) is 12.6. The first-order valence-corrected chi connectivity index (χ1v) is 7.25. The molecule has 0 saturated carbocycles. The van der Waals surface area contributed by atoms with Crippen LogP contribution in [0.4, 0.5) is 0 Å². The molecule has 21 heavy (non-hydrogen) atoms. The molecule has 0 spiro atoms. The maximum Gasteiger partial charge on any atom is 0.145 e. The Bertz CT molecular complexity index is 660. The van der Waals surface area contributed by atoms with Crippen LogP contribution in [0.5, 0.6) is 11.5 Å². The number of nitriles is 1. The summed E-state index contributed by atoms with van der Waals surface area (Å²) in [4.78, 5) is 0. The Morgan fingerprint density at radius 1 is 1.14 bits per heavy atom. The van der Waals surface area contributed by atoms with E-state index >= 15 is 0 Å². The highest BCUT2D eigenvalue weighted by Crippen LogP contribution is 2.30. The number of rotatable bonds is 5. The van der Waals surface area contributed by atoms with Gasteiger partial charge in [0.25, 0.3) is 0 Å². The van der Waals surface area contributed by atoms with Crippen molar-refractivity contribution in [2.75, 3.05) is 6.54 Å². The minimum Gasteiger partial charge on any atom is -0.456 e. The smallest absolute Gasteiger partial charge is 0.145 e. The highest BCUT2D eigenvalue weighted by Gasteiger charge is 2.07. The monoisotopic (exact) mass is 320 g/mol. The fourth-order valence-corrected chi connectivity index (χ4v) is 2.35. The van der Waals surface area contributed by atoms with Crippen LogP contribution in [0.2, 0.25) is 10.0 Å². The van der Waals surface area contributed by atoms with E-state index in [-0.39, 0.29) is 0 Å².